The molecule has 0 aliphatic rings. The molecular formula is C12H10N2S2. The van der Waals surface area contributed by atoms with Crippen LogP contribution in [0.5, 0.6) is 0 Å². The van der Waals surface area contributed by atoms with Gasteiger partial charge in [0, 0.05) is 26.9 Å². The highest BCUT2D eigenvalue weighted by Crippen LogP contribution is 2.37. The molecular weight excluding hydrogens is 236 g/mol. The Morgan fingerprint density at radius 3 is 2.94 bits per heavy atom. The number of thiophene rings is 2. The Bertz CT molecular complexity index is 638. The van der Waals surface area contributed by atoms with Crippen LogP contribution in [-0.4, -0.2) is 4.98 Å². The fraction of sp³-hybridized carbons (Fsp3) is 0.0833. The van der Waals surface area contributed by atoms with E-state index in [1.807, 2.05) is 12.3 Å². The van der Waals surface area contributed by atoms with Crippen LogP contribution in [-0.2, 0) is 0 Å². The van der Waals surface area contributed by atoms with Crippen molar-refractivity contribution in [2.45, 2.75) is 6.92 Å². The van der Waals surface area contributed by atoms with Gasteiger partial charge in [0.05, 0.1) is 5.69 Å². The third-order valence-electron chi connectivity index (χ3n) is 2.49. The molecule has 80 valence electrons. The van der Waals surface area contributed by atoms with Crippen molar-refractivity contribution in [3.05, 3.63) is 34.7 Å². The number of nitrogens with two attached hydrogens (primary N) is 1. The number of rotatable bonds is 1. The summed E-state index contributed by atoms with van der Waals surface area (Å²) in [6.07, 6.45) is 0. The van der Waals surface area contributed by atoms with E-state index in [2.05, 4.69) is 28.6 Å². The summed E-state index contributed by atoms with van der Waals surface area (Å²) in [5.41, 5.74) is 9.08. The Kier molecular flexibility index (Phi) is 2.19. The molecule has 0 aliphatic carbocycles. The minimum atomic E-state index is 0.830. The SMILES string of the molecule is Cc1cc(-c2cccs2)c2c(N)csc2n1. The Balaban J connectivity index is 2.42. The van der Waals surface area contributed by atoms with Gasteiger partial charge in [-0.2, -0.15) is 0 Å². The highest BCUT2D eigenvalue weighted by molar-refractivity contribution is 7.17. The van der Waals surface area contributed by atoms with Crippen LogP contribution < -0.4 is 5.73 Å². The lowest BCUT2D eigenvalue weighted by Crippen LogP contribution is -1.87. The van der Waals surface area contributed by atoms with Gasteiger partial charge in [0.15, 0.2) is 0 Å². The number of pyridine rings is 1. The van der Waals surface area contributed by atoms with Gasteiger partial charge in [-0.1, -0.05) is 6.07 Å². The molecule has 3 aromatic heterocycles. The number of aromatic nitrogens is 1. The zero-order valence-electron chi connectivity index (χ0n) is 8.73. The summed E-state index contributed by atoms with van der Waals surface area (Å²) in [5, 5.41) is 5.14. The lowest BCUT2D eigenvalue weighted by molar-refractivity contribution is 1.27. The maximum absolute atomic E-state index is 6.01. The maximum atomic E-state index is 6.01. The second-order valence-electron chi connectivity index (χ2n) is 3.66. The molecule has 3 rings (SSSR count). The van der Waals surface area contributed by atoms with Crippen LogP contribution in [0.2, 0.25) is 0 Å². The van der Waals surface area contributed by atoms with E-state index in [0.29, 0.717) is 0 Å². The average molecular weight is 246 g/mol. The van der Waals surface area contributed by atoms with Gasteiger partial charge in [0.1, 0.15) is 4.83 Å². The molecule has 0 fully saturated rings. The number of hydrogen-bond acceptors (Lipinski definition) is 4. The topological polar surface area (TPSA) is 38.9 Å². The van der Waals surface area contributed by atoms with Crippen LogP contribution in [0.25, 0.3) is 20.7 Å². The van der Waals surface area contributed by atoms with E-state index in [4.69, 9.17) is 5.73 Å². The quantitative estimate of drug-likeness (QED) is 0.707. The zero-order valence-corrected chi connectivity index (χ0v) is 10.4. The normalized spacial score (nSPS) is 11.1. The number of nitrogen functional groups attached to an aromatic ring is 1. The molecule has 4 heteroatoms. The molecule has 0 aromatic carbocycles. The highest BCUT2D eigenvalue weighted by Gasteiger charge is 2.11. The van der Waals surface area contributed by atoms with E-state index >= 15 is 0 Å². The zero-order chi connectivity index (χ0) is 11.1. The van der Waals surface area contributed by atoms with Crippen molar-refractivity contribution in [2.24, 2.45) is 0 Å². The summed E-state index contributed by atoms with van der Waals surface area (Å²) in [4.78, 5) is 6.79. The van der Waals surface area contributed by atoms with Gasteiger partial charge in [-0.25, -0.2) is 4.98 Å². The van der Waals surface area contributed by atoms with E-state index in [1.165, 1.54) is 10.4 Å². The van der Waals surface area contributed by atoms with Gasteiger partial charge < -0.3 is 5.73 Å². The van der Waals surface area contributed by atoms with Crippen LogP contribution in [0, 0.1) is 6.92 Å². The Hall–Kier alpha value is -1.39. The fourth-order valence-electron chi connectivity index (χ4n) is 1.81. The Labute approximate surface area is 101 Å². The first-order valence-corrected chi connectivity index (χ1v) is 6.70. The van der Waals surface area contributed by atoms with Gasteiger partial charge in [0.2, 0.25) is 0 Å². The third kappa shape index (κ3) is 1.42. The van der Waals surface area contributed by atoms with Crippen molar-refractivity contribution < 1.29 is 0 Å². The summed E-state index contributed by atoms with van der Waals surface area (Å²) in [5.74, 6) is 0. The third-order valence-corrected chi connectivity index (χ3v) is 4.28. The monoisotopic (exact) mass is 246 g/mol. The summed E-state index contributed by atoms with van der Waals surface area (Å²) < 4.78 is 0. The van der Waals surface area contributed by atoms with Gasteiger partial charge in [-0.3, -0.25) is 0 Å². The molecule has 0 saturated heterocycles. The molecule has 0 radical (unpaired) electrons. The molecule has 0 bridgehead atoms. The molecule has 0 amide bonds. The average Bonchev–Trinajstić information content (AvgIpc) is 2.87. The maximum Gasteiger partial charge on any atom is 0.126 e. The minimum Gasteiger partial charge on any atom is -0.397 e. The van der Waals surface area contributed by atoms with Crippen molar-refractivity contribution in [3.63, 3.8) is 0 Å². The van der Waals surface area contributed by atoms with E-state index in [1.54, 1.807) is 22.7 Å². The van der Waals surface area contributed by atoms with Crippen molar-refractivity contribution >= 4 is 38.6 Å². The standard InChI is InChI=1S/C12H10N2S2/c1-7-5-8(10-3-2-4-15-10)11-9(13)6-16-12(11)14-7/h2-6H,13H2,1H3. The van der Waals surface area contributed by atoms with E-state index in [9.17, 15) is 0 Å². The predicted octanol–water partition coefficient (Wildman–Crippen LogP) is 3.92. The molecule has 2 nitrogen and oxygen atoms in total. The van der Waals surface area contributed by atoms with Crippen LogP contribution >= 0.6 is 22.7 Å². The first-order valence-electron chi connectivity index (χ1n) is 4.94. The molecule has 3 heterocycles. The molecule has 0 atom stereocenters. The smallest absolute Gasteiger partial charge is 0.126 e. The van der Waals surface area contributed by atoms with Crippen LogP contribution in [0.4, 0.5) is 5.69 Å². The summed E-state index contributed by atoms with van der Waals surface area (Å²) in [6, 6.07) is 6.29. The van der Waals surface area contributed by atoms with E-state index in [-0.39, 0.29) is 0 Å². The summed E-state index contributed by atoms with van der Waals surface area (Å²) in [7, 11) is 0. The molecule has 16 heavy (non-hydrogen) atoms. The van der Waals surface area contributed by atoms with Crippen molar-refractivity contribution in [1.82, 2.24) is 4.98 Å². The highest BCUT2D eigenvalue weighted by atomic mass is 32.1. The minimum absolute atomic E-state index is 0.830. The Morgan fingerprint density at radius 2 is 2.19 bits per heavy atom. The van der Waals surface area contributed by atoms with Crippen molar-refractivity contribution in [3.8, 4) is 10.4 Å². The molecule has 0 saturated carbocycles. The van der Waals surface area contributed by atoms with Gasteiger partial charge in [-0.05, 0) is 24.4 Å². The number of aryl methyl sites for hydroxylation is 1. The number of fused-ring (bicyclic) bond motifs is 1. The van der Waals surface area contributed by atoms with Gasteiger partial charge >= 0.3 is 0 Å². The molecule has 0 unspecified atom stereocenters. The first-order chi connectivity index (χ1) is 7.75. The largest absolute Gasteiger partial charge is 0.397 e. The van der Waals surface area contributed by atoms with E-state index < -0.39 is 0 Å². The lowest BCUT2D eigenvalue weighted by Gasteiger charge is -2.03. The molecule has 0 aliphatic heterocycles. The number of anilines is 1. The lowest BCUT2D eigenvalue weighted by atomic mass is 10.1. The number of nitrogens with zero attached hydrogens (tertiary/aromatic N) is 1. The van der Waals surface area contributed by atoms with Gasteiger partial charge in [0.25, 0.3) is 0 Å². The Morgan fingerprint density at radius 1 is 1.31 bits per heavy atom. The van der Waals surface area contributed by atoms with Crippen molar-refractivity contribution in [2.75, 3.05) is 5.73 Å². The van der Waals surface area contributed by atoms with Crippen molar-refractivity contribution in [1.29, 1.82) is 0 Å². The molecule has 0 spiro atoms. The number of hydrogen-bond donors (Lipinski definition) is 1. The predicted molar refractivity (Wildman–Crippen MR) is 72.1 cm³/mol. The van der Waals surface area contributed by atoms with Crippen LogP contribution in [0.1, 0.15) is 5.69 Å². The van der Waals surface area contributed by atoms with Crippen LogP contribution in [0.15, 0.2) is 29.0 Å². The summed E-state index contributed by atoms with van der Waals surface area (Å²) in [6.45, 7) is 2.02. The molecule has 2 N–H and O–H groups in total. The second kappa shape index (κ2) is 3.57. The first kappa shape index (κ1) is 9.81. The van der Waals surface area contributed by atoms with E-state index in [0.717, 1.165) is 21.6 Å². The van der Waals surface area contributed by atoms with Crippen LogP contribution in [0.3, 0.4) is 0 Å². The fourth-order valence-corrected chi connectivity index (χ4v) is 3.46. The van der Waals surface area contributed by atoms with Gasteiger partial charge in [-0.15, -0.1) is 22.7 Å². The second-order valence-corrected chi connectivity index (χ2v) is 5.47. The summed E-state index contributed by atoms with van der Waals surface area (Å²) >= 11 is 3.34. The molecule has 3 aromatic rings.